The molecule has 1 saturated heterocycles. The standard InChI is InChI=1S/C9H18N2O.CH3.Y/c1-3-9(2)11-6-4-10(8-12)5-7-11;;/h8-9H,3-7H2,1-2H3;1H3;/q;-1;. The van der Waals surface area contributed by atoms with E-state index in [-0.39, 0.29) is 40.1 Å². The van der Waals surface area contributed by atoms with Crippen LogP contribution < -0.4 is 0 Å². The monoisotopic (exact) mass is 274 g/mol. The van der Waals surface area contributed by atoms with Crippen LogP contribution in [0.1, 0.15) is 20.3 Å². The molecule has 4 heteroatoms. The average molecular weight is 274 g/mol. The Morgan fingerprint density at radius 2 is 1.79 bits per heavy atom. The molecule has 1 rings (SSSR count). The van der Waals surface area contributed by atoms with Crippen molar-refractivity contribution in [2.45, 2.75) is 26.3 Å². The fourth-order valence-corrected chi connectivity index (χ4v) is 1.54. The van der Waals surface area contributed by atoms with Crippen LogP contribution in [0.5, 0.6) is 0 Å². The Morgan fingerprint density at radius 1 is 1.29 bits per heavy atom. The number of amides is 1. The summed E-state index contributed by atoms with van der Waals surface area (Å²) in [4.78, 5) is 14.7. The van der Waals surface area contributed by atoms with E-state index in [9.17, 15) is 4.79 Å². The van der Waals surface area contributed by atoms with E-state index in [2.05, 4.69) is 18.7 Å². The molecular formula is C10H21N2OY-. The predicted octanol–water partition coefficient (Wildman–Crippen LogP) is 1.01. The molecule has 0 aromatic heterocycles. The third-order valence-electron chi connectivity index (χ3n) is 2.71. The smallest absolute Gasteiger partial charge is 0.209 e. The maximum Gasteiger partial charge on any atom is 0.209 e. The Labute approximate surface area is 113 Å². The molecule has 0 N–H and O–H groups in total. The van der Waals surface area contributed by atoms with Crippen LogP contribution in [-0.4, -0.2) is 48.4 Å². The SMILES string of the molecule is CCC(C)N1CCN(C=O)CC1.[CH3-].[Y]. The molecule has 14 heavy (non-hydrogen) atoms. The Bertz CT molecular complexity index is 147. The van der Waals surface area contributed by atoms with Crippen molar-refractivity contribution in [1.29, 1.82) is 0 Å². The Morgan fingerprint density at radius 3 is 2.14 bits per heavy atom. The maximum absolute atomic E-state index is 10.4. The van der Waals surface area contributed by atoms with Crippen molar-refractivity contribution in [3.8, 4) is 0 Å². The quantitative estimate of drug-likeness (QED) is 0.566. The molecule has 0 saturated carbocycles. The molecule has 1 unspecified atom stereocenters. The fourth-order valence-electron chi connectivity index (χ4n) is 1.54. The minimum Gasteiger partial charge on any atom is -0.358 e. The number of hydrogen-bond acceptors (Lipinski definition) is 2. The summed E-state index contributed by atoms with van der Waals surface area (Å²) >= 11 is 0. The van der Waals surface area contributed by atoms with Gasteiger partial charge in [-0.15, -0.1) is 0 Å². The van der Waals surface area contributed by atoms with Gasteiger partial charge < -0.3 is 12.3 Å². The molecule has 0 aromatic rings. The van der Waals surface area contributed by atoms with Gasteiger partial charge >= 0.3 is 0 Å². The van der Waals surface area contributed by atoms with Crippen LogP contribution in [-0.2, 0) is 37.5 Å². The van der Waals surface area contributed by atoms with Gasteiger partial charge in [0.15, 0.2) is 0 Å². The van der Waals surface area contributed by atoms with Crippen LogP contribution in [0.3, 0.4) is 0 Å². The molecule has 0 aromatic carbocycles. The second-order valence-corrected chi connectivity index (χ2v) is 3.43. The summed E-state index contributed by atoms with van der Waals surface area (Å²) < 4.78 is 0. The Kier molecular flexibility index (Phi) is 10.7. The van der Waals surface area contributed by atoms with E-state index in [0.29, 0.717) is 6.04 Å². The second-order valence-electron chi connectivity index (χ2n) is 3.43. The fraction of sp³-hybridized carbons (Fsp3) is 0.800. The van der Waals surface area contributed by atoms with E-state index < -0.39 is 0 Å². The van der Waals surface area contributed by atoms with Crippen molar-refractivity contribution in [3.05, 3.63) is 7.43 Å². The summed E-state index contributed by atoms with van der Waals surface area (Å²) in [5.41, 5.74) is 0. The second kappa shape index (κ2) is 8.81. The number of hydrogen-bond donors (Lipinski definition) is 0. The molecule has 1 amide bonds. The van der Waals surface area contributed by atoms with Crippen molar-refractivity contribution in [2.24, 2.45) is 0 Å². The van der Waals surface area contributed by atoms with Gasteiger partial charge in [0.25, 0.3) is 0 Å². The first-order valence-electron chi connectivity index (χ1n) is 4.71. The van der Waals surface area contributed by atoms with E-state index in [1.165, 1.54) is 6.42 Å². The number of nitrogens with zero attached hydrogens (tertiary/aromatic N) is 2. The zero-order valence-electron chi connectivity index (χ0n) is 9.57. The van der Waals surface area contributed by atoms with Crippen molar-refractivity contribution < 1.29 is 37.5 Å². The summed E-state index contributed by atoms with van der Waals surface area (Å²) in [6.45, 7) is 8.32. The van der Waals surface area contributed by atoms with Gasteiger partial charge in [-0.25, -0.2) is 0 Å². The number of carbonyl (C=O) groups is 1. The zero-order chi connectivity index (χ0) is 8.97. The van der Waals surface area contributed by atoms with E-state index in [0.717, 1.165) is 32.6 Å². The van der Waals surface area contributed by atoms with Crippen LogP contribution in [0.25, 0.3) is 0 Å². The first kappa shape index (κ1) is 16.9. The summed E-state index contributed by atoms with van der Waals surface area (Å²) in [5, 5.41) is 0. The molecule has 1 radical (unpaired) electrons. The van der Waals surface area contributed by atoms with Crippen LogP contribution in [0.15, 0.2) is 0 Å². The minimum atomic E-state index is 0. The summed E-state index contributed by atoms with van der Waals surface area (Å²) in [6, 6.07) is 0.666. The van der Waals surface area contributed by atoms with Gasteiger partial charge in [-0.1, -0.05) is 6.92 Å². The molecule has 0 aliphatic carbocycles. The van der Waals surface area contributed by atoms with Crippen LogP contribution in [0.4, 0.5) is 0 Å². The Balaban J connectivity index is 0. The third kappa shape index (κ3) is 4.85. The van der Waals surface area contributed by atoms with Gasteiger partial charge in [-0.05, 0) is 13.3 Å². The normalized spacial score (nSPS) is 19.1. The van der Waals surface area contributed by atoms with Crippen molar-refractivity contribution in [1.82, 2.24) is 9.80 Å². The van der Waals surface area contributed by atoms with Gasteiger partial charge in [-0.3, -0.25) is 9.69 Å². The number of rotatable bonds is 3. The van der Waals surface area contributed by atoms with E-state index in [1.54, 1.807) is 0 Å². The van der Waals surface area contributed by atoms with Crippen molar-refractivity contribution in [3.63, 3.8) is 0 Å². The molecule has 81 valence electrons. The average Bonchev–Trinajstić information content (AvgIpc) is 2.17. The minimum absolute atomic E-state index is 0. The van der Waals surface area contributed by atoms with E-state index in [1.807, 2.05) is 4.90 Å². The number of carbonyl (C=O) groups excluding carboxylic acids is 1. The number of piperazine rings is 1. The summed E-state index contributed by atoms with van der Waals surface area (Å²) in [5.74, 6) is 0. The predicted molar refractivity (Wildman–Crippen MR) is 55.4 cm³/mol. The third-order valence-corrected chi connectivity index (χ3v) is 2.71. The maximum atomic E-state index is 10.4. The first-order valence-corrected chi connectivity index (χ1v) is 4.71. The van der Waals surface area contributed by atoms with Crippen LogP contribution >= 0.6 is 0 Å². The molecule has 1 fully saturated rings. The van der Waals surface area contributed by atoms with Gasteiger partial charge in [0, 0.05) is 64.9 Å². The molecule has 1 atom stereocenters. The van der Waals surface area contributed by atoms with E-state index in [4.69, 9.17) is 0 Å². The largest absolute Gasteiger partial charge is 0.358 e. The molecule has 3 nitrogen and oxygen atoms in total. The van der Waals surface area contributed by atoms with Crippen LogP contribution in [0, 0.1) is 7.43 Å². The molecule has 0 spiro atoms. The zero-order valence-corrected chi connectivity index (χ0v) is 12.4. The molecule has 1 aliphatic heterocycles. The van der Waals surface area contributed by atoms with Gasteiger partial charge in [0.2, 0.25) is 6.41 Å². The van der Waals surface area contributed by atoms with Gasteiger partial charge in [-0.2, -0.15) is 0 Å². The molecular weight excluding hydrogens is 253 g/mol. The van der Waals surface area contributed by atoms with Gasteiger partial charge in [0.1, 0.15) is 0 Å². The molecule has 1 aliphatic rings. The van der Waals surface area contributed by atoms with Crippen molar-refractivity contribution in [2.75, 3.05) is 26.2 Å². The molecule has 0 bridgehead atoms. The summed E-state index contributed by atoms with van der Waals surface area (Å²) in [7, 11) is 0. The van der Waals surface area contributed by atoms with Gasteiger partial charge in [0.05, 0.1) is 0 Å². The topological polar surface area (TPSA) is 23.6 Å². The van der Waals surface area contributed by atoms with Crippen LogP contribution in [0.2, 0.25) is 0 Å². The van der Waals surface area contributed by atoms with Crippen molar-refractivity contribution >= 4 is 6.41 Å². The first-order chi connectivity index (χ1) is 5.77. The van der Waals surface area contributed by atoms with E-state index >= 15 is 0 Å². The summed E-state index contributed by atoms with van der Waals surface area (Å²) in [6.07, 6.45) is 2.15. The Hall–Kier alpha value is 0.534. The molecule has 1 heterocycles.